The van der Waals surface area contributed by atoms with E-state index in [2.05, 4.69) is 27.0 Å². The van der Waals surface area contributed by atoms with Gasteiger partial charge in [0.2, 0.25) is 0 Å². The number of nitrogens with one attached hydrogen (secondary N) is 1. The highest BCUT2D eigenvalue weighted by Crippen LogP contribution is 2.34. The average molecular weight is 192 g/mol. The van der Waals surface area contributed by atoms with Gasteiger partial charge >= 0.3 is 0 Å². The molecule has 0 bridgehead atoms. The molecular weight excluding hydrogens is 176 g/mol. The summed E-state index contributed by atoms with van der Waals surface area (Å²) >= 11 is 0. The summed E-state index contributed by atoms with van der Waals surface area (Å²) in [5, 5.41) is 11.9. The topological polar surface area (TPSA) is 42.7 Å². The van der Waals surface area contributed by atoms with Gasteiger partial charge in [-0.15, -0.1) is 10.2 Å². The predicted molar refractivity (Wildman–Crippen MR) is 53.1 cm³/mol. The molecule has 0 amide bonds. The molecule has 1 N–H and O–H groups in total. The maximum atomic E-state index is 4.24. The fourth-order valence-corrected chi connectivity index (χ4v) is 2.87. The van der Waals surface area contributed by atoms with Crippen LogP contribution in [-0.4, -0.2) is 27.9 Å². The lowest BCUT2D eigenvalue weighted by Gasteiger charge is -2.37. The van der Waals surface area contributed by atoms with Crippen LogP contribution in [0.2, 0.25) is 0 Å². The first-order valence-electron chi connectivity index (χ1n) is 5.47. The van der Waals surface area contributed by atoms with Crippen LogP contribution in [0.15, 0.2) is 0 Å². The molecule has 1 fully saturated rings. The molecule has 3 heterocycles. The Kier molecular flexibility index (Phi) is 1.83. The van der Waals surface area contributed by atoms with Crippen LogP contribution in [-0.2, 0) is 6.42 Å². The molecule has 14 heavy (non-hydrogen) atoms. The van der Waals surface area contributed by atoms with Crippen molar-refractivity contribution in [3.8, 4) is 0 Å². The van der Waals surface area contributed by atoms with Crippen molar-refractivity contribution < 1.29 is 0 Å². The van der Waals surface area contributed by atoms with E-state index in [1.54, 1.807) is 0 Å². The largest absolute Gasteiger partial charge is 0.316 e. The van der Waals surface area contributed by atoms with E-state index in [4.69, 9.17) is 0 Å². The second-order valence-electron chi connectivity index (χ2n) is 4.39. The van der Waals surface area contributed by atoms with Gasteiger partial charge in [0, 0.05) is 12.5 Å². The van der Waals surface area contributed by atoms with Gasteiger partial charge in [-0.1, -0.05) is 0 Å². The fraction of sp³-hybridized carbons (Fsp3) is 0.800. The van der Waals surface area contributed by atoms with Crippen molar-refractivity contribution in [2.24, 2.45) is 5.92 Å². The number of hydrogen-bond donors (Lipinski definition) is 1. The molecule has 2 aliphatic heterocycles. The molecule has 4 nitrogen and oxygen atoms in total. The fourth-order valence-electron chi connectivity index (χ4n) is 2.87. The molecule has 0 aromatic carbocycles. The van der Waals surface area contributed by atoms with Gasteiger partial charge in [-0.3, -0.25) is 0 Å². The second kappa shape index (κ2) is 3.05. The molecule has 0 radical (unpaired) electrons. The molecule has 2 atom stereocenters. The Bertz CT molecular complexity index is 344. The van der Waals surface area contributed by atoms with E-state index < -0.39 is 0 Å². The summed E-state index contributed by atoms with van der Waals surface area (Å²) < 4.78 is 2.37. The van der Waals surface area contributed by atoms with Gasteiger partial charge in [0.1, 0.15) is 11.6 Å². The smallest absolute Gasteiger partial charge is 0.133 e. The summed E-state index contributed by atoms with van der Waals surface area (Å²) in [6, 6.07) is 0.662. The first-order chi connectivity index (χ1) is 6.86. The van der Waals surface area contributed by atoms with Gasteiger partial charge in [-0.05, 0) is 38.8 Å². The quantitative estimate of drug-likeness (QED) is 0.657. The summed E-state index contributed by atoms with van der Waals surface area (Å²) in [7, 11) is 0. The van der Waals surface area contributed by atoms with Crippen molar-refractivity contribution >= 4 is 0 Å². The zero-order valence-electron chi connectivity index (χ0n) is 8.53. The summed E-state index contributed by atoms with van der Waals surface area (Å²) in [5.41, 5.74) is 0. The Morgan fingerprint density at radius 1 is 1.36 bits per heavy atom. The van der Waals surface area contributed by atoms with Crippen LogP contribution in [0.3, 0.4) is 0 Å². The monoisotopic (exact) mass is 192 g/mol. The number of aryl methyl sites for hydroxylation is 2. The molecule has 0 spiro atoms. The zero-order valence-corrected chi connectivity index (χ0v) is 8.53. The van der Waals surface area contributed by atoms with E-state index >= 15 is 0 Å². The minimum absolute atomic E-state index is 0.662. The molecule has 3 rings (SSSR count). The zero-order chi connectivity index (χ0) is 9.54. The minimum atomic E-state index is 0.662. The Hall–Kier alpha value is -0.900. The molecular formula is C10H16N4. The molecule has 2 aliphatic rings. The van der Waals surface area contributed by atoms with Crippen molar-refractivity contribution in [2.75, 3.05) is 13.1 Å². The molecule has 0 unspecified atom stereocenters. The molecule has 0 saturated carbocycles. The van der Waals surface area contributed by atoms with E-state index in [1.807, 2.05) is 0 Å². The highest BCUT2D eigenvalue weighted by molar-refractivity contribution is 5.04. The standard InChI is InChI=1S/C10H16N4/c1-7-12-13-10-3-2-8-6-11-5-4-9(8)14(7)10/h8-9,11H,2-6H2,1H3/t8-,9+/m0/s1. The summed E-state index contributed by atoms with van der Waals surface area (Å²) in [4.78, 5) is 0. The number of piperidine rings is 1. The van der Waals surface area contributed by atoms with Crippen molar-refractivity contribution in [3.63, 3.8) is 0 Å². The summed E-state index contributed by atoms with van der Waals surface area (Å²) in [6.45, 7) is 4.38. The van der Waals surface area contributed by atoms with Crippen molar-refractivity contribution in [1.82, 2.24) is 20.1 Å². The van der Waals surface area contributed by atoms with E-state index in [0.717, 1.165) is 24.7 Å². The third-order valence-electron chi connectivity index (χ3n) is 3.57. The Morgan fingerprint density at radius 2 is 2.29 bits per heavy atom. The van der Waals surface area contributed by atoms with Crippen LogP contribution in [0, 0.1) is 12.8 Å². The highest BCUT2D eigenvalue weighted by atomic mass is 15.3. The Balaban J connectivity index is 2.02. The average Bonchev–Trinajstić information content (AvgIpc) is 2.61. The predicted octanol–water partition coefficient (Wildman–Crippen LogP) is 0.683. The number of aromatic nitrogens is 3. The van der Waals surface area contributed by atoms with Gasteiger partial charge in [-0.2, -0.15) is 0 Å². The van der Waals surface area contributed by atoms with Gasteiger partial charge in [-0.25, -0.2) is 0 Å². The number of rotatable bonds is 0. The molecule has 4 heteroatoms. The first-order valence-corrected chi connectivity index (χ1v) is 5.47. The molecule has 0 aliphatic carbocycles. The van der Waals surface area contributed by atoms with Crippen LogP contribution < -0.4 is 5.32 Å². The minimum Gasteiger partial charge on any atom is -0.316 e. The highest BCUT2D eigenvalue weighted by Gasteiger charge is 2.33. The van der Waals surface area contributed by atoms with E-state index in [0.29, 0.717) is 6.04 Å². The number of nitrogens with zero attached hydrogens (tertiary/aromatic N) is 3. The summed E-state index contributed by atoms with van der Waals surface area (Å²) in [6.07, 6.45) is 3.61. The maximum absolute atomic E-state index is 4.24. The van der Waals surface area contributed by atoms with E-state index in [1.165, 1.54) is 25.2 Å². The van der Waals surface area contributed by atoms with Crippen molar-refractivity contribution in [1.29, 1.82) is 0 Å². The maximum Gasteiger partial charge on any atom is 0.133 e. The lowest BCUT2D eigenvalue weighted by Crippen LogP contribution is -2.41. The van der Waals surface area contributed by atoms with Crippen LogP contribution in [0.25, 0.3) is 0 Å². The lowest BCUT2D eigenvalue weighted by atomic mass is 9.86. The summed E-state index contributed by atoms with van der Waals surface area (Å²) in [5.74, 6) is 3.09. The SMILES string of the molecule is Cc1nnc2n1[C@@H]1CCNC[C@@H]1CC2. The van der Waals surface area contributed by atoms with Gasteiger partial charge in [0.25, 0.3) is 0 Å². The molecule has 1 aromatic heterocycles. The lowest BCUT2D eigenvalue weighted by molar-refractivity contribution is 0.210. The molecule has 1 saturated heterocycles. The molecule has 76 valence electrons. The number of fused-ring (bicyclic) bond motifs is 3. The third-order valence-corrected chi connectivity index (χ3v) is 3.57. The van der Waals surface area contributed by atoms with Crippen LogP contribution >= 0.6 is 0 Å². The van der Waals surface area contributed by atoms with Gasteiger partial charge in [0.05, 0.1) is 0 Å². The van der Waals surface area contributed by atoms with Crippen LogP contribution in [0.1, 0.15) is 30.5 Å². The van der Waals surface area contributed by atoms with E-state index in [9.17, 15) is 0 Å². The normalized spacial score (nSPS) is 30.9. The van der Waals surface area contributed by atoms with E-state index in [-0.39, 0.29) is 0 Å². The molecule has 1 aromatic rings. The second-order valence-corrected chi connectivity index (χ2v) is 4.39. The Labute approximate surface area is 83.7 Å². The van der Waals surface area contributed by atoms with Gasteiger partial charge < -0.3 is 9.88 Å². The van der Waals surface area contributed by atoms with Crippen molar-refractivity contribution in [2.45, 2.75) is 32.2 Å². The van der Waals surface area contributed by atoms with Crippen LogP contribution in [0.4, 0.5) is 0 Å². The van der Waals surface area contributed by atoms with Gasteiger partial charge in [0.15, 0.2) is 0 Å². The third kappa shape index (κ3) is 1.10. The first kappa shape index (κ1) is 8.41. The van der Waals surface area contributed by atoms with Crippen molar-refractivity contribution in [3.05, 3.63) is 11.6 Å². The number of hydrogen-bond acceptors (Lipinski definition) is 3. The van der Waals surface area contributed by atoms with Crippen LogP contribution in [0.5, 0.6) is 0 Å². The Morgan fingerprint density at radius 3 is 3.21 bits per heavy atom.